The fourth-order valence-electron chi connectivity index (χ4n) is 3.27. The first kappa shape index (κ1) is 17.5. The molecule has 0 spiro atoms. The van der Waals surface area contributed by atoms with Crippen LogP contribution >= 0.6 is 0 Å². The molecule has 3 rings (SSSR count). The van der Waals surface area contributed by atoms with Gasteiger partial charge in [-0.05, 0) is 34.2 Å². The van der Waals surface area contributed by atoms with Gasteiger partial charge in [0, 0.05) is 25.1 Å². The van der Waals surface area contributed by atoms with Crippen LogP contribution in [0.4, 0.5) is 10.5 Å². The zero-order valence-corrected chi connectivity index (χ0v) is 15.1. The molecule has 2 amide bonds. The maximum Gasteiger partial charge on any atom is 0.319 e. The van der Waals surface area contributed by atoms with Crippen LogP contribution in [-0.4, -0.2) is 23.3 Å². The Morgan fingerprint density at radius 2 is 1.60 bits per heavy atom. The normalized spacial score (nSPS) is 15.5. The summed E-state index contributed by atoms with van der Waals surface area (Å²) in [6.45, 7) is 6.70. The molecule has 1 aliphatic rings. The third kappa shape index (κ3) is 4.20. The second-order valence-electron chi connectivity index (χ2n) is 7.98. The number of nitrogens with one attached hydrogen (secondary N) is 2. The Labute approximate surface area is 149 Å². The smallest absolute Gasteiger partial charge is 0.319 e. The highest BCUT2D eigenvalue weighted by Gasteiger charge is 2.35. The van der Waals surface area contributed by atoms with Crippen LogP contribution in [0.3, 0.4) is 0 Å². The second kappa shape index (κ2) is 6.52. The topological polar surface area (TPSA) is 61.4 Å². The van der Waals surface area contributed by atoms with Crippen LogP contribution in [0.5, 0.6) is 0 Å². The Bertz CT molecular complexity index is 735. The molecule has 2 aromatic carbocycles. The maximum atomic E-state index is 12.1. The fourth-order valence-corrected chi connectivity index (χ4v) is 3.27. The predicted molar refractivity (Wildman–Crippen MR) is 101 cm³/mol. The number of aliphatic hydroxyl groups is 1. The van der Waals surface area contributed by atoms with Gasteiger partial charge in [-0.15, -0.1) is 0 Å². The van der Waals surface area contributed by atoms with Crippen molar-refractivity contribution >= 4 is 11.7 Å². The second-order valence-corrected chi connectivity index (χ2v) is 7.98. The van der Waals surface area contributed by atoms with Gasteiger partial charge in [0.15, 0.2) is 0 Å². The van der Waals surface area contributed by atoms with Gasteiger partial charge in [-0.3, -0.25) is 0 Å². The number of rotatable bonds is 3. The maximum absolute atomic E-state index is 12.1. The number of benzene rings is 2. The summed E-state index contributed by atoms with van der Waals surface area (Å²) < 4.78 is 0. The third-order valence-corrected chi connectivity index (χ3v) is 4.74. The monoisotopic (exact) mass is 338 g/mol. The zero-order valence-electron chi connectivity index (χ0n) is 15.1. The van der Waals surface area contributed by atoms with Crippen LogP contribution in [0.1, 0.15) is 37.5 Å². The molecule has 3 N–H and O–H groups in total. The van der Waals surface area contributed by atoms with Crippen molar-refractivity contribution in [1.82, 2.24) is 5.32 Å². The first-order chi connectivity index (χ1) is 11.8. The van der Waals surface area contributed by atoms with E-state index in [0.29, 0.717) is 12.8 Å². The van der Waals surface area contributed by atoms with Crippen LogP contribution in [0, 0.1) is 0 Å². The fraction of sp³-hybridized carbons (Fsp3) is 0.381. The average molecular weight is 338 g/mol. The first-order valence-electron chi connectivity index (χ1n) is 8.70. The lowest BCUT2D eigenvalue weighted by Crippen LogP contribution is -2.45. The summed E-state index contributed by atoms with van der Waals surface area (Å²) in [6.07, 6.45) is 1.15. The molecule has 0 aliphatic heterocycles. The molecule has 0 saturated carbocycles. The van der Waals surface area contributed by atoms with Crippen molar-refractivity contribution in [3.05, 3.63) is 65.2 Å². The summed E-state index contributed by atoms with van der Waals surface area (Å²) in [6, 6.07) is 15.6. The van der Waals surface area contributed by atoms with E-state index in [1.54, 1.807) is 0 Å². The number of amides is 2. The molecule has 25 heavy (non-hydrogen) atoms. The average Bonchev–Trinajstić information content (AvgIpc) is 2.89. The van der Waals surface area contributed by atoms with Crippen LogP contribution < -0.4 is 10.6 Å². The lowest BCUT2D eigenvalue weighted by Gasteiger charge is -2.23. The molecule has 0 saturated heterocycles. The van der Waals surface area contributed by atoms with Gasteiger partial charge in [0.25, 0.3) is 0 Å². The highest BCUT2D eigenvalue weighted by Crippen LogP contribution is 2.29. The minimum atomic E-state index is -0.906. The molecule has 132 valence electrons. The first-order valence-corrected chi connectivity index (χ1v) is 8.70. The SMILES string of the molecule is CC(C)(C)c1ccc(NC(=O)NCC2(O)Cc3ccccc3C2)cc1. The summed E-state index contributed by atoms with van der Waals surface area (Å²) in [5.74, 6) is 0. The predicted octanol–water partition coefficient (Wildman–Crippen LogP) is 3.64. The molecule has 0 heterocycles. The number of carbonyl (C=O) groups excluding carboxylic acids is 1. The molecule has 0 unspecified atom stereocenters. The standard InChI is InChI=1S/C21H26N2O2/c1-20(2,3)17-8-10-18(11-9-17)23-19(24)22-14-21(25)12-15-6-4-5-7-16(15)13-21/h4-11,25H,12-14H2,1-3H3,(H2,22,23,24). The van der Waals surface area contributed by atoms with E-state index in [9.17, 15) is 9.90 Å². The molecule has 0 aromatic heterocycles. The van der Waals surface area contributed by atoms with Gasteiger partial charge in [-0.25, -0.2) is 4.79 Å². The molecule has 0 atom stereocenters. The van der Waals surface area contributed by atoms with Crippen LogP contribution in [0.2, 0.25) is 0 Å². The van der Waals surface area contributed by atoms with Crippen molar-refractivity contribution in [3.63, 3.8) is 0 Å². The molecule has 0 bridgehead atoms. The highest BCUT2D eigenvalue weighted by atomic mass is 16.3. The Kier molecular flexibility index (Phi) is 4.56. The molecule has 4 heteroatoms. The minimum Gasteiger partial charge on any atom is -0.387 e. The van der Waals surface area contributed by atoms with Gasteiger partial charge in [0.2, 0.25) is 0 Å². The Balaban J connectivity index is 1.54. The van der Waals surface area contributed by atoms with Gasteiger partial charge in [0.05, 0.1) is 5.60 Å². The van der Waals surface area contributed by atoms with Crippen LogP contribution in [0.15, 0.2) is 48.5 Å². The van der Waals surface area contributed by atoms with Crippen LogP contribution in [-0.2, 0) is 18.3 Å². The van der Waals surface area contributed by atoms with Crippen molar-refractivity contribution < 1.29 is 9.90 Å². The largest absolute Gasteiger partial charge is 0.387 e. The Hall–Kier alpha value is -2.33. The van der Waals surface area contributed by atoms with E-state index in [0.717, 1.165) is 16.8 Å². The van der Waals surface area contributed by atoms with Crippen molar-refractivity contribution in [2.45, 2.75) is 44.6 Å². The van der Waals surface area contributed by atoms with Gasteiger partial charge in [-0.1, -0.05) is 57.2 Å². The number of hydrogen-bond acceptors (Lipinski definition) is 2. The summed E-state index contributed by atoms with van der Waals surface area (Å²) in [5, 5.41) is 16.3. The summed E-state index contributed by atoms with van der Waals surface area (Å²) in [4.78, 5) is 12.1. The van der Waals surface area contributed by atoms with E-state index >= 15 is 0 Å². The molecule has 0 fully saturated rings. The van der Waals surface area contributed by atoms with Crippen molar-refractivity contribution in [2.75, 3.05) is 11.9 Å². The van der Waals surface area contributed by atoms with Gasteiger partial charge in [0.1, 0.15) is 0 Å². The quantitative estimate of drug-likeness (QED) is 0.800. The van der Waals surface area contributed by atoms with Crippen molar-refractivity contribution in [3.8, 4) is 0 Å². The van der Waals surface area contributed by atoms with E-state index in [-0.39, 0.29) is 18.0 Å². The molecule has 0 radical (unpaired) electrons. The van der Waals surface area contributed by atoms with Crippen LogP contribution in [0.25, 0.3) is 0 Å². The van der Waals surface area contributed by atoms with Gasteiger partial charge < -0.3 is 15.7 Å². The minimum absolute atomic E-state index is 0.0849. The van der Waals surface area contributed by atoms with E-state index in [1.165, 1.54) is 5.56 Å². The Morgan fingerprint density at radius 1 is 1.04 bits per heavy atom. The lowest BCUT2D eigenvalue weighted by molar-refractivity contribution is 0.0541. The van der Waals surface area contributed by atoms with E-state index < -0.39 is 5.60 Å². The van der Waals surface area contributed by atoms with Gasteiger partial charge in [-0.2, -0.15) is 0 Å². The molecule has 2 aromatic rings. The highest BCUT2D eigenvalue weighted by molar-refractivity contribution is 5.89. The van der Waals surface area contributed by atoms with Crippen molar-refractivity contribution in [2.24, 2.45) is 0 Å². The molecular formula is C21H26N2O2. The molecular weight excluding hydrogens is 312 g/mol. The van der Waals surface area contributed by atoms with Crippen molar-refractivity contribution in [1.29, 1.82) is 0 Å². The number of urea groups is 1. The number of anilines is 1. The summed E-state index contributed by atoms with van der Waals surface area (Å²) in [5.41, 5.74) is 3.46. The van der Waals surface area contributed by atoms with E-state index in [2.05, 4.69) is 31.4 Å². The number of fused-ring (bicyclic) bond motifs is 1. The van der Waals surface area contributed by atoms with E-state index in [1.807, 2.05) is 48.5 Å². The summed E-state index contributed by atoms with van der Waals surface area (Å²) in [7, 11) is 0. The van der Waals surface area contributed by atoms with Gasteiger partial charge >= 0.3 is 6.03 Å². The number of hydrogen-bond donors (Lipinski definition) is 3. The van der Waals surface area contributed by atoms with E-state index in [4.69, 9.17) is 0 Å². The summed E-state index contributed by atoms with van der Waals surface area (Å²) >= 11 is 0. The lowest BCUT2D eigenvalue weighted by atomic mass is 9.87. The Morgan fingerprint density at radius 3 is 2.12 bits per heavy atom. The molecule has 1 aliphatic carbocycles. The number of carbonyl (C=O) groups is 1. The zero-order chi connectivity index (χ0) is 18.1. The molecule has 4 nitrogen and oxygen atoms in total. The third-order valence-electron chi connectivity index (χ3n) is 4.74.